The molecule has 3 aromatic rings. The lowest BCUT2D eigenvalue weighted by molar-refractivity contribution is 0.0944. The van der Waals surface area contributed by atoms with Crippen molar-refractivity contribution < 1.29 is 14.7 Å². The Bertz CT molecular complexity index is 1090. The first-order valence-electron chi connectivity index (χ1n) is 8.61. The Morgan fingerprint density at radius 2 is 1.97 bits per heavy atom. The summed E-state index contributed by atoms with van der Waals surface area (Å²) in [4.78, 5) is 33.0. The molecule has 0 spiro atoms. The van der Waals surface area contributed by atoms with E-state index in [2.05, 4.69) is 15.3 Å². The van der Waals surface area contributed by atoms with E-state index in [4.69, 9.17) is 11.5 Å². The van der Waals surface area contributed by atoms with Gasteiger partial charge in [-0.3, -0.25) is 9.59 Å². The van der Waals surface area contributed by atoms with Crippen molar-refractivity contribution in [2.75, 3.05) is 5.73 Å². The Morgan fingerprint density at radius 1 is 1.21 bits per heavy atom. The summed E-state index contributed by atoms with van der Waals surface area (Å²) in [7, 11) is 0. The van der Waals surface area contributed by atoms with E-state index in [-0.39, 0.29) is 23.8 Å². The fourth-order valence-corrected chi connectivity index (χ4v) is 3.48. The molecule has 8 nitrogen and oxygen atoms in total. The lowest BCUT2D eigenvalue weighted by Gasteiger charge is -2.10. The molecule has 0 atom stereocenters. The zero-order valence-electron chi connectivity index (χ0n) is 15.5. The van der Waals surface area contributed by atoms with E-state index in [0.717, 1.165) is 17.3 Å². The summed E-state index contributed by atoms with van der Waals surface area (Å²) in [6.07, 6.45) is 1.42. The first-order chi connectivity index (χ1) is 13.8. The van der Waals surface area contributed by atoms with E-state index in [0.29, 0.717) is 21.0 Å². The number of aromatic hydroxyl groups is 1. The second-order valence-electron chi connectivity index (χ2n) is 6.22. The fraction of sp³-hybridized carbons (Fsp3) is 0.100. The van der Waals surface area contributed by atoms with Crippen molar-refractivity contribution in [2.45, 2.75) is 23.4 Å². The number of nitrogen functional groups attached to an aromatic ring is 1. The first kappa shape index (κ1) is 20.2. The van der Waals surface area contributed by atoms with E-state index in [9.17, 15) is 14.7 Å². The van der Waals surface area contributed by atoms with Gasteiger partial charge < -0.3 is 21.9 Å². The summed E-state index contributed by atoms with van der Waals surface area (Å²) in [6.45, 7) is 1.99. The first-order valence-corrected chi connectivity index (χ1v) is 9.42. The number of carbonyl (C=O) groups excluding carboxylic acids is 2. The highest BCUT2D eigenvalue weighted by atomic mass is 32.2. The third-order valence-electron chi connectivity index (χ3n) is 4.04. The van der Waals surface area contributed by atoms with Crippen LogP contribution in [-0.2, 0) is 6.54 Å². The molecule has 3 rings (SSSR count). The smallest absolute Gasteiger partial charge is 0.274 e. The monoisotopic (exact) mass is 409 g/mol. The molecule has 0 radical (unpaired) electrons. The molecule has 1 heterocycles. The molecule has 2 aromatic carbocycles. The predicted octanol–water partition coefficient (Wildman–Crippen LogP) is 2.25. The summed E-state index contributed by atoms with van der Waals surface area (Å²) in [5.41, 5.74) is 13.0. The third kappa shape index (κ3) is 4.82. The van der Waals surface area contributed by atoms with Gasteiger partial charge >= 0.3 is 0 Å². The number of amides is 2. The SMILES string of the molecule is Cc1ccc(O)c(CNC(=O)c2nc(Sc3ccccc3C(N)=O)cnc2N)c1. The van der Waals surface area contributed by atoms with Crippen LogP contribution in [0.25, 0.3) is 0 Å². The van der Waals surface area contributed by atoms with Crippen molar-refractivity contribution in [2.24, 2.45) is 5.73 Å². The number of primary amides is 1. The highest BCUT2D eigenvalue weighted by Crippen LogP contribution is 2.29. The molecular weight excluding hydrogens is 390 g/mol. The maximum absolute atomic E-state index is 12.6. The Hall–Kier alpha value is -3.59. The van der Waals surface area contributed by atoms with Gasteiger partial charge in [0.25, 0.3) is 5.91 Å². The highest BCUT2D eigenvalue weighted by molar-refractivity contribution is 7.99. The molecule has 0 aliphatic carbocycles. The van der Waals surface area contributed by atoms with Crippen LogP contribution in [0, 0.1) is 6.92 Å². The molecule has 9 heteroatoms. The van der Waals surface area contributed by atoms with Crippen molar-refractivity contribution >= 4 is 29.4 Å². The second kappa shape index (κ2) is 8.61. The maximum atomic E-state index is 12.6. The number of nitrogens with one attached hydrogen (secondary N) is 1. The van der Waals surface area contributed by atoms with Crippen LogP contribution in [0.15, 0.2) is 58.6 Å². The van der Waals surface area contributed by atoms with Crippen LogP contribution in [0.3, 0.4) is 0 Å². The van der Waals surface area contributed by atoms with Gasteiger partial charge in [-0.1, -0.05) is 41.6 Å². The quantitative estimate of drug-likeness (QED) is 0.489. The van der Waals surface area contributed by atoms with Gasteiger partial charge in [0.15, 0.2) is 11.5 Å². The average molecular weight is 409 g/mol. The van der Waals surface area contributed by atoms with Gasteiger partial charge in [0.2, 0.25) is 5.91 Å². The minimum Gasteiger partial charge on any atom is -0.508 e. The van der Waals surface area contributed by atoms with E-state index in [1.165, 1.54) is 6.20 Å². The van der Waals surface area contributed by atoms with Crippen LogP contribution in [0.1, 0.15) is 32.0 Å². The zero-order chi connectivity index (χ0) is 21.0. The van der Waals surface area contributed by atoms with Gasteiger partial charge in [0.1, 0.15) is 10.8 Å². The van der Waals surface area contributed by atoms with Crippen LogP contribution in [0.4, 0.5) is 5.82 Å². The number of benzene rings is 2. The summed E-state index contributed by atoms with van der Waals surface area (Å²) in [5.74, 6) is -1.03. The van der Waals surface area contributed by atoms with Crippen LogP contribution in [0.5, 0.6) is 5.75 Å². The van der Waals surface area contributed by atoms with E-state index >= 15 is 0 Å². The van der Waals surface area contributed by atoms with E-state index < -0.39 is 11.8 Å². The summed E-state index contributed by atoms with van der Waals surface area (Å²) in [5, 5.41) is 13.0. The number of carbonyl (C=O) groups is 2. The Morgan fingerprint density at radius 3 is 2.72 bits per heavy atom. The van der Waals surface area contributed by atoms with Crippen LogP contribution in [0.2, 0.25) is 0 Å². The average Bonchev–Trinajstić information content (AvgIpc) is 2.70. The lowest BCUT2D eigenvalue weighted by atomic mass is 10.1. The largest absolute Gasteiger partial charge is 0.508 e. The minimum absolute atomic E-state index is 0.0245. The molecule has 0 fully saturated rings. The number of hydrogen-bond acceptors (Lipinski definition) is 7. The van der Waals surface area contributed by atoms with Gasteiger partial charge in [-0.25, -0.2) is 9.97 Å². The number of nitrogens with zero attached hydrogens (tertiary/aromatic N) is 2. The number of phenolic OH excluding ortho intramolecular Hbond substituents is 1. The number of rotatable bonds is 6. The van der Waals surface area contributed by atoms with Crippen LogP contribution >= 0.6 is 11.8 Å². The van der Waals surface area contributed by atoms with Gasteiger partial charge in [-0.15, -0.1) is 0 Å². The molecule has 6 N–H and O–H groups in total. The topological polar surface area (TPSA) is 144 Å². The number of aromatic nitrogens is 2. The van der Waals surface area contributed by atoms with Gasteiger partial charge in [-0.2, -0.15) is 0 Å². The number of phenols is 1. The van der Waals surface area contributed by atoms with E-state index in [1.54, 1.807) is 42.5 Å². The molecule has 0 aliphatic rings. The van der Waals surface area contributed by atoms with Crippen LogP contribution in [-0.4, -0.2) is 26.9 Å². The summed E-state index contributed by atoms with van der Waals surface area (Å²) < 4.78 is 0. The Kier molecular flexibility index (Phi) is 5.99. The van der Waals surface area contributed by atoms with Crippen LogP contribution < -0.4 is 16.8 Å². The van der Waals surface area contributed by atoms with Gasteiger partial charge in [0, 0.05) is 17.0 Å². The van der Waals surface area contributed by atoms with Gasteiger partial charge in [-0.05, 0) is 25.1 Å². The predicted molar refractivity (Wildman–Crippen MR) is 110 cm³/mol. The molecule has 0 bridgehead atoms. The summed E-state index contributed by atoms with van der Waals surface area (Å²) >= 11 is 1.15. The van der Waals surface area contributed by atoms with Crippen molar-refractivity contribution in [3.05, 3.63) is 71.0 Å². The molecular formula is C20H19N5O3S. The zero-order valence-corrected chi connectivity index (χ0v) is 16.4. The standard InChI is InChI=1S/C20H19N5O3S/c1-11-6-7-14(26)12(8-11)9-24-20(28)17-18(21)23-10-16(25-17)29-15-5-3-2-4-13(15)19(22)27/h2-8,10,26H,9H2,1H3,(H2,21,23)(H2,22,27)(H,24,28). The number of aryl methyl sites for hydroxylation is 1. The molecule has 0 unspecified atom stereocenters. The maximum Gasteiger partial charge on any atom is 0.274 e. The third-order valence-corrected chi connectivity index (χ3v) is 5.02. The highest BCUT2D eigenvalue weighted by Gasteiger charge is 2.16. The molecule has 148 valence electrons. The fourth-order valence-electron chi connectivity index (χ4n) is 2.59. The normalized spacial score (nSPS) is 10.5. The van der Waals surface area contributed by atoms with Crippen molar-refractivity contribution in [1.29, 1.82) is 0 Å². The second-order valence-corrected chi connectivity index (χ2v) is 7.28. The number of hydrogen-bond donors (Lipinski definition) is 4. The molecule has 1 aromatic heterocycles. The lowest BCUT2D eigenvalue weighted by Crippen LogP contribution is -2.25. The van der Waals surface area contributed by atoms with Gasteiger partial charge in [0.05, 0.1) is 11.8 Å². The molecule has 2 amide bonds. The minimum atomic E-state index is -0.563. The van der Waals surface area contributed by atoms with Crippen molar-refractivity contribution in [1.82, 2.24) is 15.3 Å². The molecule has 0 saturated heterocycles. The number of nitrogens with two attached hydrogens (primary N) is 2. The molecule has 0 aliphatic heterocycles. The van der Waals surface area contributed by atoms with E-state index in [1.807, 2.05) is 6.92 Å². The molecule has 29 heavy (non-hydrogen) atoms. The van der Waals surface area contributed by atoms with Crippen molar-refractivity contribution in [3.8, 4) is 5.75 Å². The molecule has 0 saturated carbocycles. The van der Waals surface area contributed by atoms with Crippen molar-refractivity contribution in [3.63, 3.8) is 0 Å². The summed E-state index contributed by atoms with van der Waals surface area (Å²) in [6, 6.07) is 11.9. The Labute approximate surface area is 171 Å². The Balaban J connectivity index is 1.79. The number of anilines is 1.